The van der Waals surface area contributed by atoms with E-state index in [0.29, 0.717) is 12.0 Å². The lowest BCUT2D eigenvalue weighted by Crippen LogP contribution is -2.38. The first-order chi connectivity index (χ1) is 9.40. The van der Waals surface area contributed by atoms with Crippen molar-refractivity contribution < 1.29 is 14.8 Å². The maximum atomic E-state index is 12.0. The van der Waals surface area contributed by atoms with Crippen molar-refractivity contribution in [1.82, 2.24) is 5.32 Å². The average molecular weight is 280 g/mol. The fourth-order valence-electron chi connectivity index (χ4n) is 1.76. The van der Waals surface area contributed by atoms with Crippen LogP contribution in [0.4, 0.5) is 5.69 Å². The highest BCUT2D eigenvalue weighted by Crippen LogP contribution is 2.21. The zero-order valence-electron chi connectivity index (χ0n) is 11.9. The van der Waals surface area contributed by atoms with E-state index < -0.39 is 4.92 Å². The van der Waals surface area contributed by atoms with Crippen LogP contribution in [0.3, 0.4) is 0 Å². The molecule has 6 nitrogen and oxygen atoms in total. The zero-order valence-corrected chi connectivity index (χ0v) is 11.9. The quantitative estimate of drug-likeness (QED) is 0.615. The van der Waals surface area contributed by atoms with Crippen molar-refractivity contribution in [3.05, 3.63) is 39.4 Å². The number of hydrogen-bond acceptors (Lipinski definition) is 4. The van der Waals surface area contributed by atoms with E-state index >= 15 is 0 Å². The molecular weight excluding hydrogens is 260 g/mol. The van der Waals surface area contributed by atoms with Crippen LogP contribution in [0.5, 0.6) is 0 Å². The average Bonchev–Trinajstić information content (AvgIpc) is 2.45. The number of amides is 1. The van der Waals surface area contributed by atoms with Gasteiger partial charge >= 0.3 is 0 Å². The fraction of sp³-hybridized carbons (Fsp3) is 0.500. The molecule has 0 spiro atoms. The standard InChI is InChI=1S/C14H20N2O4/c1-4-11-5-6-12(7-13(11)16(19)20)14(18)15-10(3)9(2)8-17/h5-7,9-10,17H,4,8H2,1-3H3,(H,15,18). The smallest absolute Gasteiger partial charge is 0.273 e. The Morgan fingerprint density at radius 1 is 1.45 bits per heavy atom. The minimum atomic E-state index is -0.477. The van der Waals surface area contributed by atoms with Gasteiger partial charge in [-0.2, -0.15) is 0 Å². The number of benzene rings is 1. The minimum Gasteiger partial charge on any atom is -0.396 e. The highest BCUT2D eigenvalue weighted by Gasteiger charge is 2.19. The number of nitro benzene ring substituents is 1. The van der Waals surface area contributed by atoms with Gasteiger partial charge in [-0.3, -0.25) is 14.9 Å². The van der Waals surface area contributed by atoms with E-state index in [2.05, 4.69) is 5.32 Å². The number of aliphatic hydroxyl groups excluding tert-OH is 1. The molecule has 0 fully saturated rings. The molecule has 0 heterocycles. The number of rotatable bonds is 6. The van der Waals surface area contributed by atoms with Gasteiger partial charge in [-0.1, -0.05) is 19.9 Å². The molecule has 2 atom stereocenters. The largest absolute Gasteiger partial charge is 0.396 e. The van der Waals surface area contributed by atoms with E-state index in [1.54, 1.807) is 19.1 Å². The molecule has 0 bridgehead atoms. The van der Waals surface area contributed by atoms with Crippen LogP contribution in [0, 0.1) is 16.0 Å². The maximum Gasteiger partial charge on any atom is 0.273 e. The Morgan fingerprint density at radius 3 is 2.60 bits per heavy atom. The predicted octanol–water partition coefficient (Wildman–Crippen LogP) is 1.90. The number of nitrogens with zero attached hydrogens (tertiary/aromatic N) is 1. The lowest BCUT2D eigenvalue weighted by molar-refractivity contribution is -0.385. The topological polar surface area (TPSA) is 92.5 Å². The summed E-state index contributed by atoms with van der Waals surface area (Å²) in [5.41, 5.74) is 0.817. The Morgan fingerprint density at radius 2 is 2.10 bits per heavy atom. The molecule has 2 N–H and O–H groups in total. The Labute approximate surface area is 118 Å². The third-order valence-corrected chi connectivity index (χ3v) is 3.43. The molecule has 0 aliphatic carbocycles. The van der Waals surface area contributed by atoms with Crippen molar-refractivity contribution in [2.75, 3.05) is 6.61 Å². The van der Waals surface area contributed by atoms with Gasteiger partial charge in [0.15, 0.2) is 0 Å². The Bertz CT molecular complexity index is 502. The van der Waals surface area contributed by atoms with E-state index in [-0.39, 0.29) is 35.7 Å². The second kappa shape index (κ2) is 7.00. The fourth-order valence-corrected chi connectivity index (χ4v) is 1.76. The van der Waals surface area contributed by atoms with Gasteiger partial charge in [-0.05, 0) is 25.3 Å². The van der Waals surface area contributed by atoms with Crippen LogP contribution in [0.2, 0.25) is 0 Å². The second-order valence-electron chi connectivity index (χ2n) is 4.88. The molecule has 6 heteroatoms. The van der Waals surface area contributed by atoms with Crippen LogP contribution in [0.25, 0.3) is 0 Å². The number of carbonyl (C=O) groups excluding carboxylic acids is 1. The summed E-state index contributed by atoms with van der Waals surface area (Å²) in [4.78, 5) is 22.5. The summed E-state index contributed by atoms with van der Waals surface area (Å²) in [6.45, 7) is 5.39. The summed E-state index contributed by atoms with van der Waals surface area (Å²) in [6, 6.07) is 4.27. The summed E-state index contributed by atoms with van der Waals surface area (Å²) in [6.07, 6.45) is 0.538. The van der Waals surface area contributed by atoms with E-state index in [9.17, 15) is 14.9 Å². The SMILES string of the molecule is CCc1ccc(C(=O)NC(C)C(C)CO)cc1[N+](=O)[O-]. The number of carbonyl (C=O) groups is 1. The molecule has 1 amide bonds. The zero-order chi connectivity index (χ0) is 15.3. The second-order valence-corrected chi connectivity index (χ2v) is 4.88. The van der Waals surface area contributed by atoms with Crippen LogP contribution >= 0.6 is 0 Å². The highest BCUT2D eigenvalue weighted by molar-refractivity contribution is 5.95. The summed E-state index contributed by atoms with van der Waals surface area (Å²) in [7, 11) is 0. The van der Waals surface area contributed by atoms with Crippen LogP contribution < -0.4 is 5.32 Å². The first-order valence-electron chi connectivity index (χ1n) is 6.59. The van der Waals surface area contributed by atoms with Crippen molar-refractivity contribution in [2.45, 2.75) is 33.2 Å². The van der Waals surface area contributed by atoms with Crippen LogP contribution in [-0.4, -0.2) is 28.6 Å². The van der Waals surface area contributed by atoms with Gasteiger partial charge in [-0.25, -0.2) is 0 Å². The first-order valence-corrected chi connectivity index (χ1v) is 6.59. The number of aliphatic hydroxyl groups is 1. The van der Waals surface area contributed by atoms with E-state index in [0.717, 1.165) is 0 Å². The third kappa shape index (κ3) is 3.77. The van der Waals surface area contributed by atoms with Gasteiger partial charge in [0.2, 0.25) is 0 Å². The van der Waals surface area contributed by atoms with Gasteiger partial charge in [0.1, 0.15) is 0 Å². The lowest BCUT2D eigenvalue weighted by atomic mass is 10.0. The monoisotopic (exact) mass is 280 g/mol. The summed E-state index contributed by atoms with van der Waals surface area (Å²) in [5, 5.41) is 22.7. The molecule has 0 saturated carbocycles. The van der Waals surface area contributed by atoms with Crippen molar-refractivity contribution in [3.8, 4) is 0 Å². The normalized spacial score (nSPS) is 13.6. The molecule has 110 valence electrons. The summed E-state index contributed by atoms with van der Waals surface area (Å²) < 4.78 is 0. The maximum absolute atomic E-state index is 12.0. The van der Waals surface area contributed by atoms with E-state index in [1.165, 1.54) is 6.07 Å². The van der Waals surface area contributed by atoms with Gasteiger partial charge in [-0.15, -0.1) is 0 Å². The van der Waals surface area contributed by atoms with Crippen LogP contribution in [-0.2, 0) is 6.42 Å². The summed E-state index contributed by atoms with van der Waals surface area (Å²) in [5.74, 6) is -0.451. The minimum absolute atomic E-state index is 0.0314. The van der Waals surface area contributed by atoms with E-state index in [1.807, 2.05) is 13.8 Å². The molecule has 0 aliphatic rings. The van der Waals surface area contributed by atoms with Gasteiger partial charge < -0.3 is 10.4 Å². The van der Waals surface area contributed by atoms with Crippen molar-refractivity contribution in [2.24, 2.45) is 5.92 Å². The molecule has 0 aromatic heterocycles. The molecule has 1 rings (SSSR count). The predicted molar refractivity (Wildman–Crippen MR) is 75.7 cm³/mol. The third-order valence-electron chi connectivity index (χ3n) is 3.43. The molecule has 0 radical (unpaired) electrons. The van der Waals surface area contributed by atoms with Crippen molar-refractivity contribution in [3.63, 3.8) is 0 Å². The molecule has 2 unspecified atom stereocenters. The molecular formula is C14H20N2O4. The Hall–Kier alpha value is -1.95. The summed E-state index contributed by atoms with van der Waals surface area (Å²) >= 11 is 0. The highest BCUT2D eigenvalue weighted by atomic mass is 16.6. The van der Waals surface area contributed by atoms with E-state index in [4.69, 9.17) is 5.11 Å². The first kappa shape index (κ1) is 16.1. The molecule has 1 aromatic carbocycles. The molecule has 1 aromatic rings. The number of nitrogens with one attached hydrogen (secondary N) is 1. The van der Waals surface area contributed by atoms with Crippen LogP contribution in [0.1, 0.15) is 36.7 Å². The Balaban J connectivity index is 2.94. The van der Waals surface area contributed by atoms with Gasteiger partial charge in [0, 0.05) is 29.8 Å². The van der Waals surface area contributed by atoms with Crippen molar-refractivity contribution in [1.29, 1.82) is 0 Å². The molecule has 20 heavy (non-hydrogen) atoms. The lowest BCUT2D eigenvalue weighted by Gasteiger charge is -2.19. The van der Waals surface area contributed by atoms with Gasteiger partial charge in [0.05, 0.1) is 4.92 Å². The van der Waals surface area contributed by atoms with Crippen molar-refractivity contribution >= 4 is 11.6 Å². The molecule has 0 aliphatic heterocycles. The Kier molecular flexibility index (Phi) is 5.64. The molecule has 0 saturated heterocycles. The van der Waals surface area contributed by atoms with Crippen LogP contribution in [0.15, 0.2) is 18.2 Å². The number of aryl methyl sites for hydroxylation is 1. The number of nitro groups is 1. The number of hydrogen-bond donors (Lipinski definition) is 2. The van der Waals surface area contributed by atoms with Gasteiger partial charge in [0.25, 0.3) is 11.6 Å².